The van der Waals surface area contributed by atoms with E-state index in [0.29, 0.717) is 29.9 Å². The molecule has 2 atom stereocenters. The Morgan fingerprint density at radius 1 is 1.24 bits per heavy atom. The number of aromatic amines is 1. The van der Waals surface area contributed by atoms with Crippen molar-refractivity contribution >= 4 is 40.7 Å². The first-order valence-electron chi connectivity index (χ1n) is 10.6. The van der Waals surface area contributed by atoms with Gasteiger partial charge in [-0.05, 0) is 49.1 Å². The minimum atomic E-state index is -1.19. The van der Waals surface area contributed by atoms with Crippen LogP contribution >= 0.6 is 11.6 Å². The van der Waals surface area contributed by atoms with Gasteiger partial charge in [0.05, 0.1) is 23.0 Å². The van der Waals surface area contributed by atoms with Gasteiger partial charge in [-0.15, -0.1) is 0 Å². The quantitative estimate of drug-likeness (QED) is 0.405. The number of rotatable bonds is 4. The molecule has 0 radical (unpaired) electrons. The largest absolute Gasteiger partial charge is 0.465 e. The number of nitrogens with zero attached hydrogens (tertiary/aromatic N) is 3. The fraction of sp³-hybridized carbons (Fsp3) is 0.217. The van der Waals surface area contributed by atoms with Crippen molar-refractivity contribution in [1.29, 1.82) is 0 Å². The van der Waals surface area contributed by atoms with Crippen molar-refractivity contribution in [1.82, 2.24) is 19.9 Å². The van der Waals surface area contributed by atoms with Gasteiger partial charge in [0.2, 0.25) is 5.91 Å². The molecule has 34 heavy (non-hydrogen) atoms. The van der Waals surface area contributed by atoms with Crippen LogP contribution in [0.2, 0.25) is 5.02 Å². The van der Waals surface area contributed by atoms with Crippen LogP contribution in [0.15, 0.2) is 42.7 Å². The standard InChI is InChI=1S/C23H20ClFN6O3/c24-14-3-4-15(26)20(21(14)25)12-7-13-2-5-17(31(13)19(32)8-12)22-28-10-16(29-22)11-1-6-18(27-9-11)30-23(33)34/h1,3-4,6,8-10,13,17H,2,5,7,26H2,(H,27,30)(H,28,29)(H,33,34)/t13?,17-/m0/s1. The van der Waals surface area contributed by atoms with E-state index in [4.69, 9.17) is 22.4 Å². The first kappa shape index (κ1) is 21.9. The predicted molar refractivity (Wildman–Crippen MR) is 124 cm³/mol. The molecule has 1 unspecified atom stereocenters. The molecule has 0 saturated carbocycles. The molecule has 1 aromatic carbocycles. The number of nitrogen functional groups attached to an aromatic ring is 1. The summed E-state index contributed by atoms with van der Waals surface area (Å²) in [5, 5.41) is 10.9. The van der Waals surface area contributed by atoms with E-state index >= 15 is 0 Å². The molecule has 1 saturated heterocycles. The first-order valence-corrected chi connectivity index (χ1v) is 11.0. The average molecular weight is 483 g/mol. The molecule has 3 aromatic rings. The van der Waals surface area contributed by atoms with Crippen molar-refractivity contribution in [2.75, 3.05) is 11.1 Å². The van der Waals surface area contributed by atoms with Crippen LogP contribution in [0.25, 0.3) is 16.8 Å². The van der Waals surface area contributed by atoms with Gasteiger partial charge in [0.1, 0.15) is 11.6 Å². The number of carboxylic acid groups (broad SMARTS) is 1. The number of carbonyl (C=O) groups excluding carboxylic acids is 1. The van der Waals surface area contributed by atoms with E-state index in [2.05, 4.69) is 20.3 Å². The number of hydrogen-bond donors (Lipinski definition) is 4. The van der Waals surface area contributed by atoms with Crippen LogP contribution in [-0.4, -0.2) is 43.0 Å². The third-order valence-corrected chi connectivity index (χ3v) is 6.47. The number of fused-ring (bicyclic) bond motifs is 1. The van der Waals surface area contributed by atoms with E-state index in [1.165, 1.54) is 18.3 Å². The zero-order valence-electron chi connectivity index (χ0n) is 17.8. The van der Waals surface area contributed by atoms with E-state index in [-0.39, 0.29) is 40.1 Å². The Kier molecular flexibility index (Phi) is 5.45. The van der Waals surface area contributed by atoms with Crippen LogP contribution in [-0.2, 0) is 4.79 Å². The number of H-pyrrole nitrogens is 1. The Morgan fingerprint density at radius 2 is 2.06 bits per heavy atom. The molecule has 9 nitrogen and oxygen atoms in total. The second kappa shape index (κ2) is 8.45. The molecule has 0 aliphatic carbocycles. The molecular weight excluding hydrogens is 463 g/mol. The summed E-state index contributed by atoms with van der Waals surface area (Å²) in [5.74, 6) is 0.0191. The zero-order valence-corrected chi connectivity index (χ0v) is 18.5. The second-order valence-corrected chi connectivity index (χ2v) is 8.64. The molecule has 0 spiro atoms. The number of hydrogen-bond acceptors (Lipinski definition) is 5. The van der Waals surface area contributed by atoms with E-state index in [1.807, 2.05) is 0 Å². The maximum atomic E-state index is 14.7. The maximum absolute atomic E-state index is 14.7. The van der Waals surface area contributed by atoms with Crippen LogP contribution in [0.5, 0.6) is 0 Å². The highest BCUT2D eigenvalue weighted by atomic mass is 35.5. The lowest BCUT2D eigenvalue weighted by Crippen LogP contribution is -2.39. The van der Waals surface area contributed by atoms with Gasteiger partial charge in [-0.2, -0.15) is 0 Å². The predicted octanol–water partition coefficient (Wildman–Crippen LogP) is 4.46. The molecule has 5 rings (SSSR count). The van der Waals surface area contributed by atoms with Gasteiger partial charge in [-0.1, -0.05) is 11.6 Å². The minimum Gasteiger partial charge on any atom is -0.465 e. The summed E-state index contributed by atoms with van der Waals surface area (Å²) in [6, 6.07) is 5.87. The zero-order chi connectivity index (χ0) is 24.0. The van der Waals surface area contributed by atoms with Crippen molar-refractivity contribution in [3.8, 4) is 11.3 Å². The number of imidazole rings is 1. The number of carbonyl (C=O) groups is 2. The topological polar surface area (TPSA) is 137 Å². The lowest BCUT2D eigenvalue weighted by molar-refractivity contribution is -0.129. The number of anilines is 2. The van der Waals surface area contributed by atoms with Crippen LogP contribution in [0.3, 0.4) is 0 Å². The van der Waals surface area contributed by atoms with Crippen LogP contribution in [0, 0.1) is 5.82 Å². The molecule has 2 amide bonds. The summed E-state index contributed by atoms with van der Waals surface area (Å²) in [7, 11) is 0. The van der Waals surface area contributed by atoms with Crippen molar-refractivity contribution in [3.05, 3.63) is 65.0 Å². The highest BCUT2D eigenvalue weighted by molar-refractivity contribution is 6.31. The van der Waals surface area contributed by atoms with Crippen molar-refractivity contribution in [2.24, 2.45) is 0 Å². The molecule has 5 N–H and O–H groups in total. The third kappa shape index (κ3) is 3.86. The van der Waals surface area contributed by atoms with Gasteiger partial charge < -0.3 is 20.7 Å². The van der Waals surface area contributed by atoms with Crippen LogP contribution in [0.1, 0.15) is 36.7 Å². The number of pyridine rings is 1. The highest BCUT2D eigenvalue weighted by Gasteiger charge is 2.42. The molecule has 11 heteroatoms. The first-order chi connectivity index (χ1) is 16.3. The monoisotopic (exact) mass is 482 g/mol. The summed E-state index contributed by atoms with van der Waals surface area (Å²) >= 11 is 5.94. The van der Waals surface area contributed by atoms with Gasteiger partial charge in [-0.3, -0.25) is 10.1 Å². The van der Waals surface area contributed by atoms with Gasteiger partial charge >= 0.3 is 6.09 Å². The van der Waals surface area contributed by atoms with E-state index < -0.39 is 11.9 Å². The number of amides is 2. The van der Waals surface area contributed by atoms with Gasteiger partial charge in [0.25, 0.3) is 0 Å². The summed E-state index contributed by atoms with van der Waals surface area (Å²) in [6.45, 7) is 0. The normalized spacial score (nSPS) is 19.6. The summed E-state index contributed by atoms with van der Waals surface area (Å²) in [6.07, 6.45) is 5.35. The van der Waals surface area contributed by atoms with Crippen LogP contribution in [0.4, 0.5) is 20.7 Å². The molecule has 174 valence electrons. The Balaban J connectivity index is 1.38. The summed E-state index contributed by atoms with van der Waals surface area (Å²) < 4.78 is 14.7. The Morgan fingerprint density at radius 3 is 2.79 bits per heavy atom. The third-order valence-electron chi connectivity index (χ3n) is 6.18. The Hall–Kier alpha value is -3.92. The number of halogens is 2. The van der Waals surface area contributed by atoms with E-state index in [1.54, 1.807) is 29.3 Å². The Labute approximate surface area is 198 Å². The van der Waals surface area contributed by atoms with Crippen molar-refractivity contribution in [3.63, 3.8) is 0 Å². The van der Waals surface area contributed by atoms with Gasteiger partial charge in [0.15, 0.2) is 5.82 Å². The van der Waals surface area contributed by atoms with E-state index in [9.17, 15) is 14.0 Å². The van der Waals surface area contributed by atoms with Crippen LogP contribution < -0.4 is 11.1 Å². The number of aromatic nitrogens is 3. The molecule has 1 fully saturated rings. The number of nitrogens with one attached hydrogen (secondary N) is 2. The molecule has 4 heterocycles. The summed E-state index contributed by atoms with van der Waals surface area (Å²) in [5.41, 5.74) is 8.40. The molecule has 0 bridgehead atoms. The lowest BCUT2D eigenvalue weighted by atomic mass is 9.92. The van der Waals surface area contributed by atoms with Crippen molar-refractivity contribution in [2.45, 2.75) is 31.3 Å². The van der Waals surface area contributed by atoms with Gasteiger partial charge in [0, 0.05) is 35.1 Å². The lowest BCUT2D eigenvalue weighted by Gasteiger charge is -2.33. The number of benzene rings is 1. The fourth-order valence-electron chi connectivity index (χ4n) is 4.68. The molecule has 2 aromatic heterocycles. The highest BCUT2D eigenvalue weighted by Crippen LogP contribution is 2.44. The second-order valence-electron chi connectivity index (χ2n) is 8.24. The maximum Gasteiger partial charge on any atom is 0.410 e. The molecular formula is C23H20ClFN6O3. The Bertz CT molecular complexity index is 1320. The molecule has 2 aliphatic heterocycles. The fourth-order valence-corrected chi connectivity index (χ4v) is 4.83. The van der Waals surface area contributed by atoms with E-state index in [0.717, 1.165) is 12.0 Å². The summed E-state index contributed by atoms with van der Waals surface area (Å²) in [4.78, 5) is 37.4. The average Bonchev–Trinajstić information content (AvgIpc) is 3.44. The van der Waals surface area contributed by atoms with Crippen molar-refractivity contribution < 1.29 is 19.1 Å². The smallest absolute Gasteiger partial charge is 0.410 e. The SMILES string of the molecule is Nc1ccc(Cl)c(F)c1C1=CC(=O)N2C(CC[C@H]2c2ncc(-c3ccc(NC(=O)O)nc3)[nH]2)C1. The number of nitrogens with two attached hydrogens (primary N) is 1. The minimum absolute atomic E-state index is 0.0337. The molecule has 2 aliphatic rings. The van der Waals surface area contributed by atoms with Gasteiger partial charge in [-0.25, -0.2) is 19.2 Å².